The lowest BCUT2D eigenvalue weighted by Gasteiger charge is -2.36. The Morgan fingerprint density at radius 3 is 2.00 bits per heavy atom. The quantitative estimate of drug-likeness (QED) is 0.0659. The highest BCUT2D eigenvalue weighted by Gasteiger charge is 2.37. The monoisotopic (exact) mass is 767 g/mol. The minimum absolute atomic E-state index is 0.00727. The molecular weight excluding hydrogens is 722 g/mol. The van der Waals surface area contributed by atoms with Crippen LogP contribution in [0.3, 0.4) is 0 Å². The Kier molecular flexibility index (Phi) is 13.5. The van der Waals surface area contributed by atoms with Crippen LogP contribution in [-0.2, 0) is 18.5 Å². The van der Waals surface area contributed by atoms with Crippen LogP contribution in [0.1, 0.15) is 57.5 Å². The van der Waals surface area contributed by atoms with Gasteiger partial charge in [0, 0.05) is 9.13 Å². The van der Waals surface area contributed by atoms with Crippen molar-refractivity contribution in [3.05, 3.63) is 56.4 Å². The van der Waals surface area contributed by atoms with Gasteiger partial charge in [0.05, 0.1) is 43.0 Å². The number of amides is 1. The lowest BCUT2D eigenvalue weighted by atomic mass is 10.1. The Labute approximate surface area is 274 Å². The lowest BCUT2D eigenvalue weighted by molar-refractivity contribution is 0.0184. The number of rotatable bonds is 14. The molecule has 0 aliphatic heterocycles. The lowest BCUT2D eigenvalue weighted by Crippen LogP contribution is -2.41. The van der Waals surface area contributed by atoms with Crippen molar-refractivity contribution in [3.63, 3.8) is 0 Å². The minimum atomic E-state index is -2.03. The predicted octanol–water partition coefficient (Wildman–Crippen LogP) is 8.51. The molecule has 2 aromatic carbocycles. The molecule has 0 heterocycles. The first-order chi connectivity index (χ1) is 20.2. The second kappa shape index (κ2) is 15.5. The molecule has 0 saturated carbocycles. The molecule has 2 rings (SSSR count). The van der Waals surface area contributed by atoms with Crippen molar-refractivity contribution < 1.29 is 36.5 Å². The Bertz CT molecular complexity index is 1330. The maximum atomic E-state index is 15.4. The fraction of sp³-hybridized carbons (Fsp3) is 0.533. The third-order valence-electron chi connectivity index (χ3n) is 8.00. The highest BCUT2D eigenvalue weighted by Crippen LogP contribution is 2.37. The van der Waals surface area contributed by atoms with Crippen molar-refractivity contribution in [2.75, 3.05) is 31.7 Å². The molecule has 0 unspecified atom stereocenters. The van der Waals surface area contributed by atoms with Crippen LogP contribution < -0.4 is 10.8 Å². The van der Waals surface area contributed by atoms with Crippen molar-refractivity contribution in [1.29, 1.82) is 0 Å². The van der Waals surface area contributed by atoms with Gasteiger partial charge in [-0.15, -0.1) is 0 Å². The average molecular weight is 768 g/mol. The van der Waals surface area contributed by atoms with Gasteiger partial charge in [-0.1, -0.05) is 46.7 Å². The van der Waals surface area contributed by atoms with E-state index in [1.54, 1.807) is 6.07 Å². The summed E-state index contributed by atoms with van der Waals surface area (Å²) in [6.45, 7) is 21.6. The number of oxime groups is 1. The molecular formula is C30H45F3IN3O5Si2. The van der Waals surface area contributed by atoms with E-state index in [2.05, 4.69) is 83.7 Å². The van der Waals surface area contributed by atoms with Gasteiger partial charge < -0.3 is 19.0 Å². The Morgan fingerprint density at radius 2 is 1.45 bits per heavy atom. The molecule has 0 aromatic heterocycles. The molecule has 8 nitrogen and oxygen atoms in total. The normalized spacial score (nSPS) is 13.0. The molecule has 246 valence electrons. The van der Waals surface area contributed by atoms with E-state index in [0.29, 0.717) is 3.57 Å². The molecule has 0 bridgehead atoms. The summed E-state index contributed by atoms with van der Waals surface area (Å²) in [6.07, 6.45) is 0.963. The van der Waals surface area contributed by atoms with E-state index in [9.17, 15) is 9.18 Å². The summed E-state index contributed by atoms with van der Waals surface area (Å²) in [4.78, 5) is 23.7. The molecule has 0 saturated heterocycles. The number of hydroxylamine groups is 1. The second-order valence-electron chi connectivity index (χ2n) is 13.3. The summed E-state index contributed by atoms with van der Waals surface area (Å²) in [6, 6.07) is 5.24. The summed E-state index contributed by atoms with van der Waals surface area (Å²) in [7, 11) is -4.01. The third kappa shape index (κ3) is 10.5. The van der Waals surface area contributed by atoms with Gasteiger partial charge in [-0.2, -0.15) is 0 Å². The molecule has 0 spiro atoms. The first kappa shape index (κ1) is 38.2. The van der Waals surface area contributed by atoms with E-state index < -0.39 is 45.7 Å². The topological polar surface area (TPSA) is 90.4 Å². The Hall–Kier alpha value is -1.99. The van der Waals surface area contributed by atoms with Crippen LogP contribution in [0, 0.1) is 21.0 Å². The first-order valence-electron chi connectivity index (χ1n) is 14.3. The van der Waals surface area contributed by atoms with E-state index >= 15 is 8.78 Å². The van der Waals surface area contributed by atoms with Crippen molar-refractivity contribution in [3.8, 4) is 0 Å². The molecule has 2 aromatic rings. The minimum Gasteiger partial charge on any atom is -0.414 e. The highest BCUT2D eigenvalue weighted by molar-refractivity contribution is 14.1. The molecule has 2 N–H and O–H groups in total. The molecule has 14 heteroatoms. The second-order valence-corrected chi connectivity index (χ2v) is 24.2. The van der Waals surface area contributed by atoms with Gasteiger partial charge in [-0.25, -0.2) is 18.7 Å². The van der Waals surface area contributed by atoms with E-state index in [1.165, 1.54) is 12.1 Å². The average Bonchev–Trinajstić information content (AvgIpc) is 2.89. The van der Waals surface area contributed by atoms with Gasteiger partial charge in [-0.05, 0) is 83.1 Å². The number of halogens is 4. The standard InChI is InChI=1S/C30H45F3IN3O5Si2/c1-29(2,3)43(7,8)41-15-13-39-35-19-20-17-22(28(38)37-40-14-16-42-44(9,10)30(4,5)6)27(26(33)25(20)32)36-24-12-11-21(34)18-23(24)31/h11-12,17-19,36H,13-16H2,1-10H3,(H,37,38)/b35-19+. The zero-order valence-corrected chi connectivity index (χ0v) is 31.4. The van der Waals surface area contributed by atoms with Gasteiger partial charge in [-0.3, -0.25) is 9.63 Å². The summed E-state index contributed by atoms with van der Waals surface area (Å²) in [5, 5.41) is 6.27. The number of hydrogen-bond donors (Lipinski definition) is 2. The fourth-order valence-corrected chi connectivity index (χ4v) is 5.70. The number of carbonyl (C=O) groups excluding carboxylic acids is 1. The molecule has 0 atom stereocenters. The first-order valence-corrected chi connectivity index (χ1v) is 21.2. The zero-order chi connectivity index (χ0) is 33.5. The van der Waals surface area contributed by atoms with Crippen LogP contribution >= 0.6 is 22.6 Å². The highest BCUT2D eigenvalue weighted by atomic mass is 127. The Balaban J connectivity index is 2.23. The zero-order valence-electron chi connectivity index (χ0n) is 27.2. The molecule has 0 aliphatic rings. The van der Waals surface area contributed by atoms with Crippen LogP contribution in [0.5, 0.6) is 0 Å². The van der Waals surface area contributed by atoms with Crippen molar-refractivity contribution in [2.24, 2.45) is 5.16 Å². The number of carbonyl (C=O) groups is 1. The molecule has 0 radical (unpaired) electrons. The van der Waals surface area contributed by atoms with Crippen molar-refractivity contribution in [1.82, 2.24) is 5.48 Å². The van der Waals surface area contributed by atoms with Gasteiger partial charge in [0.15, 0.2) is 28.3 Å². The third-order valence-corrected chi connectivity index (χ3v) is 17.7. The van der Waals surface area contributed by atoms with Gasteiger partial charge in [0.2, 0.25) is 0 Å². The van der Waals surface area contributed by atoms with Crippen molar-refractivity contribution in [2.45, 2.75) is 77.8 Å². The van der Waals surface area contributed by atoms with E-state index in [0.717, 1.165) is 12.3 Å². The molecule has 0 aliphatic carbocycles. The van der Waals surface area contributed by atoms with E-state index in [1.807, 2.05) is 22.6 Å². The maximum absolute atomic E-state index is 15.4. The van der Waals surface area contributed by atoms with Gasteiger partial charge in [0.1, 0.15) is 12.4 Å². The number of benzene rings is 2. The van der Waals surface area contributed by atoms with E-state index in [4.69, 9.17) is 18.5 Å². The van der Waals surface area contributed by atoms with Gasteiger partial charge >= 0.3 is 0 Å². The smallest absolute Gasteiger partial charge is 0.277 e. The largest absolute Gasteiger partial charge is 0.414 e. The molecule has 1 amide bonds. The van der Waals surface area contributed by atoms with Crippen LogP contribution in [-0.4, -0.2) is 55.2 Å². The Morgan fingerprint density at radius 1 is 0.886 bits per heavy atom. The number of nitrogens with zero attached hydrogens (tertiary/aromatic N) is 1. The van der Waals surface area contributed by atoms with Crippen molar-refractivity contribution >= 4 is 62.7 Å². The SMILES string of the molecule is CC(C)(C)[Si](C)(C)OCCO/N=C/c1cc(C(=O)NOCCO[Si](C)(C)C(C)(C)C)c(Nc2ccc(I)cc2F)c(F)c1F. The summed E-state index contributed by atoms with van der Waals surface area (Å²) in [5.74, 6) is -4.30. The number of hydrogen-bond acceptors (Lipinski definition) is 7. The van der Waals surface area contributed by atoms with Crippen LogP contribution in [0.4, 0.5) is 24.5 Å². The number of nitrogens with one attached hydrogen (secondary N) is 2. The summed E-state index contributed by atoms with van der Waals surface area (Å²) in [5.41, 5.74) is 0.837. The molecule has 44 heavy (non-hydrogen) atoms. The van der Waals surface area contributed by atoms with Gasteiger partial charge in [0.25, 0.3) is 5.91 Å². The predicted molar refractivity (Wildman–Crippen MR) is 182 cm³/mol. The summed E-state index contributed by atoms with van der Waals surface area (Å²) >= 11 is 1.92. The van der Waals surface area contributed by atoms with E-state index in [-0.39, 0.29) is 53.3 Å². The summed E-state index contributed by atoms with van der Waals surface area (Å²) < 4.78 is 57.8. The van der Waals surface area contributed by atoms with Crippen LogP contribution in [0.15, 0.2) is 29.4 Å². The molecule has 0 fully saturated rings. The van der Waals surface area contributed by atoms with Crippen LogP contribution in [0.2, 0.25) is 36.3 Å². The number of anilines is 2. The fourth-order valence-electron chi connectivity index (χ4n) is 3.19. The van der Waals surface area contributed by atoms with Crippen LogP contribution in [0.25, 0.3) is 0 Å². The maximum Gasteiger partial charge on any atom is 0.277 e.